The molecule has 0 aliphatic rings. The van der Waals surface area contributed by atoms with Crippen molar-refractivity contribution in [2.45, 2.75) is 13.0 Å². The van der Waals surface area contributed by atoms with E-state index in [-0.39, 0.29) is 5.56 Å². The van der Waals surface area contributed by atoms with Crippen LogP contribution in [0.1, 0.15) is 17.3 Å². The highest BCUT2D eigenvalue weighted by Crippen LogP contribution is 2.25. The van der Waals surface area contributed by atoms with Crippen LogP contribution >= 0.6 is 23.2 Å². The highest BCUT2D eigenvalue weighted by molar-refractivity contribution is 6.36. The summed E-state index contributed by atoms with van der Waals surface area (Å²) in [7, 11) is 0. The zero-order valence-electron chi connectivity index (χ0n) is 12.2. The number of benzene rings is 2. The Morgan fingerprint density at radius 2 is 1.91 bits per heavy atom. The van der Waals surface area contributed by atoms with Crippen LogP contribution in [-0.4, -0.2) is 18.0 Å². The Morgan fingerprint density at radius 3 is 2.57 bits per heavy atom. The van der Waals surface area contributed by atoms with Crippen molar-refractivity contribution in [3.05, 3.63) is 58.1 Å². The summed E-state index contributed by atoms with van der Waals surface area (Å²) in [6.07, 6.45) is -1.00. The molecule has 0 heterocycles. The predicted octanol–water partition coefficient (Wildman–Crippen LogP) is 3.76. The molecule has 5 nitrogen and oxygen atoms in total. The van der Waals surface area contributed by atoms with Gasteiger partial charge < -0.3 is 15.8 Å². The first-order valence-electron chi connectivity index (χ1n) is 6.69. The Hall–Kier alpha value is -2.24. The van der Waals surface area contributed by atoms with Crippen LogP contribution in [0.5, 0.6) is 0 Å². The fourth-order valence-electron chi connectivity index (χ4n) is 1.77. The SMILES string of the molecule is CC(OC(=O)c1cccc(N)c1)C(=O)Nc1ccc(Cl)cc1Cl. The van der Waals surface area contributed by atoms with Gasteiger partial charge in [0.2, 0.25) is 0 Å². The second-order valence-corrected chi connectivity index (χ2v) is 5.63. The third kappa shape index (κ3) is 4.61. The van der Waals surface area contributed by atoms with E-state index in [1.54, 1.807) is 30.3 Å². The fraction of sp³-hybridized carbons (Fsp3) is 0.125. The number of amides is 1. The second-order valence-electron chi connectivity index (χ2n) is 4.79. The van der Waals surface area contributed by atoms with Gasteiger partial charge in [0.1, 0.15) is 0 Å². The average molecular weight is 353 g/mol. The lowest BCUT2D eigenvalue weighted by Crippen LogP contribution is -2.30. The van der Waals surface area contributed by atoms with Gasteiger partial charge in [-0.05, 0) is 43.3 Å². The summed E-state index contributed by atoms with van der Waals surface area (Å²) in [5.74, 6) is -1.14. The minimum absolute atomic E-state index is 0.272. The molecule has 0 bridgehead atoms. The van der Waals surface area contributed by atoms with Crippen LogP contribution in [0.25, 0.3) is 0 Å². The van der Waals surface area contributed by atoms with Gasteiger partial charge >= 0.3 is 5.97 Å². The molecule has 1 unspecified atom stereocenters. The van der Waals surface area contributed by atoms with Crippen LogP contribution in [0, 0.1) is 0 Å². The molecule has 7 heteroatoms. The number of nitrogen functional groups attached to an aromatic ring is 1. The van der Waals surface area contributed by atoms with Gasteiger partial charge in [0, 0.05) is 10.7 Å². The number of hydrogen-bond donors (Lipinski definition) is 2. The van der Waals surface area contributed by atoms with E-state index in [2.05, 4.69) is 5.32 Å². The normalized spacial score (nSPS) is 11.6. The molecule has 120 valence electrons. The lowest BCUT2D eigenvalue weighted by molar-refractivity contribution is -0.123. The second kappa shape index (κ2) is 7.35. The smallest absolute Gasteiger partial charge is 0.338 e. The van der Waals surface area contributed by atoms with Crippen molar-refractivity contribution in [3.8, 4) is 0 Å². The van der Waals surface area contributed by atoms with Crippen molar-refractivity contribution in [2.24, 2.45) is 0 Å². The molecule has 0 aromatic heterocycles. The maximum absolute atomic E-state index is 12.1. The molecule has 2 aromatic carbocycles. The maximum atomic E-state index is 12.1. The number of nitrogens with two attached hydrogens (primary N) is 1. The first-order valence-corrected chi connectivity index (χ1v) is 7.45. The zero-order valence-corrected chi connectivity index (χ0v) is 13.7. The summed E-state index contributed by atoms with van der Waals surface area (Å²) in [5, 5.41) is 3.32. The number of carbonyl (C=O) groups is 2. The molecule has 0 saturated heterocycles. The number of anilines is 2. The molecule has 0 radical (unpaired) electrons. The molecule has 1 atom stereocenters. The molecule has 1 amide bonds. The highest BCUT2D eigenvalue weighted by Gasteiger charge is 2.20. The Bertz CT molecular complexity index is 750. The number of esters is 1. The third-order valence-corrected chi connectivity index (χ3v) is 3.51. The Labute approximate surface area is 143 Å². The van der Waals surface area contributed by atoms with Gasteiger partial charge in [-0.15, -0.1) is 0 Å². The van der Waals surface area contributed by atoms with Gasteiger partial charge in [-0.1, -0.05) is 29.3 Å². The molecule has 2 aromatic rings. The fourth-order valence-corrected chi connectivity index (χ4v) is 2.23. The first kappa shape index (κ1) is 17.1. The number of carbonyl (C=O) groups excluding carboxylic acids is 2. The van der Waals surface area contributed by atoms with Crippen LogP contribution in [0.3, 0.4) is 0 Å². The number of nitrogens with one attached hydrogen (secondary N) is 1. The van der Waals surface area contributed by atoms with Crippen molar-refractivity contribution in [1.29, 1.82) is 0 Å². The van der Waals surface area contributed by atoms with Crippen LogP contribution in [0.4, 0.5) is 11.4 Å². The van der Waals surface area contributed by atoms with Crippen molar-refractivity contribution < 1.29 is 14.3 Å². The zero-order chi connectivity index (χ0) is 17.0. The quantitative estimate of drug-likeness (QED) is 0.648. The van der Waals surface area contributed by atoms with Crippen molar-refractivity contribution in [1.82, 2.24) is 0 Å². The van der Waals surface area contributed by atoms with Crippen molar-refractivity contribution in [3.63, 3.8) is 0 Å². The van der Waals surface area contributed by atoms with Crippen molar-refractivity contribution >= 4 is 46.5 Å². The lowest BCUT2D eigenvalue weighted by Gasteiger charge is -2.14. The first-order chi connectivity index (χ1) is 10.9. The summed E-state index contributed by atoms with van der Waals surface area (Å²) >= 11 is 11.8. The monoisotopic (exact) mass is 352 g/mol. The molecule has 3 N–H and O–H groups in total. The maximum Gasteiger partial charge on any atom is 0.338 e. The molecular formula is C16H14Cl2N2O3. The summed E-state index contributed by atoms with van der Waals surface area (Å²) in [6.45, 7) is 1.46. The number of hydrogen-bond acceptors (Lipinski definition) is 4. The molecule has 0 aliphatic carbocycles. The minimum Gasteiger partial charge on any atom is -0.449 e. The van der Waals surface area contributed by atoms with E-state index >= 15 is 0 Å². The van der Waals surface area contributed by atoms with Gasteiger partial charge in [-0.3, -0.25) is 4.79 Å². The highest BCUT2D eigenvalue weighted by atomic mass is 35.5. The van der Waals surface area contributed by atoms with E-state index in [0.717, 1.165) is 0 Å². The summed E-state index contributed by atoms with van der Waals surface area (Å²) in [5.41, 5.74) is 6.69. The Balaban J connectivity index is 2.01. The number of halogens is 2. The number of ether oxygens (including phenoxy) is 1. The van der Waals surface area contributed by atoms with E-state index in [9.17, 15) is 9.59 Å². The molecule has 23 heavy (non-hydrogen) atoms. The molecule has 0 fully saturated rings. The van der Waals surface area contributed by atoms with Gasteiger partial charge in [0.25, 0.3) is 5.91 Å². The van der Waals surface area contributed by atoms with E-state index < -0.39 is 18.0 Å². The molecule has 0 spiro atoms. The van der Waals surface area contributed by atoms with Crippen LogP contribution in [0.2, 0.25) is 10.0 Å². The van der Waals surface area contributed by atoms with Gasteiger partial charge in [-0.2, -0.15) is 0 Å². The summed E-state index contributed by atoms with van der Waals surface area (Å²) < 4.78 is 5.11. The van der Waals surface area contributed by atoms with Crippen LogP contribution in [-0.2, 0) is 9.53 Å². The van der Waals surface area contributed by atoms with E-state index in [4.69, 9.17) is 33.7 Å². The van der Waals surface area contributed by atoms with Crippen molar-refractivity contribution in [2.75, 3.05) is 11.1 Å². The van der Waals surface area contributed by atoms with E-state index in [1.165, 1.54) is 19.1 Å². The lowest BCUT2D eigenvalue weighted by atomic mass is 10.2. The summed E-state index contributed by atoms with van der Waals surface area (Å²) in [6, 6.07) is 11.0. The van der Waals surface area contributed by atoms with Crippen LogP contribution in [0.15, 0.2) is 42.5 Å². The standard InChI is InChI=1S/C16H14Cl2N2O3/c1-9(23-16(22)10-3-2-4-12(19)7-10)15(21)20-14-6-5-11(17)8-13(14)18/h2-9H,19H2,1H3,(H,20,21). The van der Waals surface area contributed by atoms with Gasteiger partial charge in [0.15, 0.2) is 6.10 Å². The minimum atomic E-state index is -1.00. The molecular weight excluding hydrogens is 339 g/mol. The van der Waals surface area contributed by atoms with Crippen LogP contribution < -0.4 is 11.1 Å². The third-order valence-electron chi connectivity index (χ3n) is 2.96. The predicted molar refractivity (Wildman–Crippen MR) is 90.8 cm³/mol. The van der Waals surface area contributed by atoms with E-state index in [0.29, 0.717) is 21.4 Å². The van der Waals surface area contributed by atoms with Gasteiger partial charge in [-0.25, -0.2) is 4.79 Å². The molecule has 0 saturated carbocycles. The molecule has 0 aliphatic heterocycles. The Morgan fingerprint density at radius 1 is 1.17 bits per heavy atom. The molecule has 2 rings (SSSR count). The summed E-state index contributed by atoms with van der Waals surface area (Å²) in [4.78, 5) is 24.1. The largest absolute Gasteiger partial charge is 0.449 e. The Kier molecular flexibility index (Phi) is 5.47. The number of rotatable bonds is 4. The average Bonchev–Trinajstić information content (AvgIpc) is 2.49. The topological polar surface area (TPSA) is 81.4 Å². The van der Waals surface area contributed by atoms with Gasteiger partial charge in [0.05, 0.1) is 16.3 Å². The van der Waals surface area contributed by atoms with E-state index in [1.807, 2.05) is 0 Å².